The summed E-state index contributed by atoms with van der Waals surface area (Å²) in [5, 5.41) is 10.8. The summed E-state index contributed by atoms with van der Waals surface area (Å²) < 4.78 is 13.3. The highest BCUT2D eigenvalue weighted by Gasteiger charge is 2.23. The van der Waals surface area contributed by atoms with Gasteiger partial charge in [-0.3, -0.25) is 0 Å². The van der Waals surface area contributed by atoms with Crippen LogP contribution < -0.4 is 0 Å². The van der Waals surface area contributed by atoms with E-state index in [1.165, 1.54) is 10.8 Å². The molecule has 0 aliphatic carbocycles. The van der Waals surface area contributed by atoms with Crippen LogP contribution in [0.5, 0.6) is 0 Å². The molecule has 4 heterocycles. The first-order chi connectivity index (χ1) is 27.7. The minimum absolute atomic E-state index is 0.507. The topological polar surface area (TPSA) is 77.8 Å². The molecule has 12 aromatic rings. The van der Waals surface area contributed by atoms with E-state index in [9.17, 15) is 0 Å². The first kappa shape index (κ1) is 30.7. The molecular weight excluding hydrogens is 689 g/mol. The molecule has 0 saturated heterocycles. The number of furan rings is 2. The SMILES string of the molecule is c1ccc(-c2nc(-c3cc4ccccc4c4ccccc34)nc(-c3ccnc4oc5c(-c6cccc7c6oc6cc8ccccc8cc67)cccc5c34)n2)cc1. The fourth-order valence-electron chi connectivity index (χ4n) is 8.39. The van der Waals surface area contributed by atoms with E-state index in [-0.39, 0.29) is 0 Å². The van der Waals surface area contributed by atoms with Gasteiger partial charge in [-0.25, -0.2) is 19.9 Å². The maximum atomic E-state index is 6.70. The van der Waals surface area contributed by atoms with Crippen molar-refractivity contribution in [1.29, 1.82) is 0 Å². The Balaban J connectivity index is 1.10. The summed E-state index contributed by atoms with van der Waals surface area (Å²) in [6, 6.07) is 56.4. The number of rotatable bonds is 4. The van der Waals surface area contributed by atoms with Crippen molar-refractivity contribution in [2.75, 3.05) is 0 Å². The fourth-order valence-corrected chi connectivity index (χ4v) is 8.39. The lowest BCUT2D eigenvalue weighted by atomic mass is 9.96. The Morgan fingerprint density at radius 1 is 0.357 bits per heavy atom. The minimum atomic E-state index is 0.507. The van der Waals surface area contributed by atoms with Crippen LogP contribution in [0.4, 0.5) is 0 Å². The van der Waals surface area contributed by atoms with Gasteiger partial charge in [-0.05, 0) is 56.6 Å². The van der Waals surface area contributed by atoms with E-state index in [1.807, 2.05) is 36.4 Å². The highest BCUT2D eigenvalue weighted by molar-refractivity contribution is 6.18. The molecule has 0 unspecified atom stereocenters. The average molecular weight is 717 g/mol. The molecule has 0 aliphatic rings. The lowest BCUT2D eigenvalue weighted by Crippen LogP contribution is -2.01. The number of hydrogen-bond acceptors (Lipinski definition) is 6. The minimum Gasteiger partial charge on any atom is -0.455 e. The standard InChI is InChI=1S/C50H28N4O2/c1-2-12-29(13-3-1)47-52-48(54-49(53-47)42-27-32-16-6-7-17-33(32)34-18-8-9-19-35(34)42)40-24-25-51-50-44(40)39-23-11-21-37(46(39)56-50)36-20-10-22-38-41-26-30-14-4-5-15-31(30)28-43(41)55-45(36)38/h1-28H. The zero-order valence-corrected chi connectivity index (χ0v) is 29.8. The molecule has 0 radical (unpaired) electrons. The predicted molar refractivity (Wildman–Crippen MR) is 226 cm³/mol. The zero-order chi connectivity index (χ0) is 36.7. The predicted octanol–water partition coefficient (Wildman–Crippen LogP) is 13.2. The van der Waals surface area contributed by atoms with Crippen LogP contribution in [-0.4, -0.2) is 19.9 Å². The summed E-state index contributed by atoms with van der Waals surface area (Å²) >= 11 is 0. The van der Waals surface area contributed by atoms with Crippen molar-refractivity contribution in [2.24, 2.45) is 0 Å². The molecule has 8 aromatic carbocycles. The van der Waals surface area contributed by atoms with Crippen LogP contribution in [0, 0.1) is 0 Å². The van der Waals surface area contributed by atoms with Gasteiger partial charge in [-0.2, -0.15) is 0 Å². The summed E-state index contributed by atoms with van der Waals surface area (Å²) in [5.41, 5.74) is 7.42. The smallest absolute Gasteiger partial charge is 0.228 e. The lowest BCUT2D eigenvalue weighted by molar-refractivity contribution is 0.654. The van der Waals surface area contributed by atoms with Crippen LogP contribution >= 0.6 is 0 Å². The number of benzene rings is 8. The van der Waals surface area contributed by atoms with Crippen LogP contribution in [0.2, 0.25) is 0 Å². The largest absolute Gasteiger partial charge is 0.455 e. The van der Waals surface area contributed by atoms with Crippen molar-refractivity contribution in [3.63, 3.8) is 0 Å². The number of fused-ring (bicyclic) bond motifs is 10. The van der Waals surface area contributed by atoms with E-state index in [1.54, 1.807) is 6.20 Å². The van der Waals surface area contributed by atoms with Crippen LogP contribution in [0.1, 0.15) is 0 Å². The molecule has 0 N–H and O–H groups in total. The van der Waals surface area contributed by atoms with Crippen LogP contribution in [0.25, 0.3) is 122 Å². The van der Waals surface area contributed by atoms with E-state index >= 15 is 0 Å². The number of hydrogen-bond donors (Lipinski definition) is 0. The number of aromatic nitrogens is 4. The fraction of sp³-hybridized carbons (Fsp3) is 0. The molecule has 0 amide bonds. The summed E-state index contributed by atoms with van der Waals surface area (Å²) in [4.78, 5) is 20.3. The molecule has 0 aliphatic heterocycles. The van der Waals surface area contributed by atoms with Crippen molar-refractivity contribution in [1.82, 2.24) is 19.9 Å². The van der Waals surface area contributed by atoms with Gasteiger partial charge in [-0.15, -0.1) is 0 Å². The third kappa shape index (κ3) is 4.63. The normalized spacial score (nSPS) is 11.9. The van der Waals surface area contributed by atoms with Crippen molar-refractivity contribution in [2.45, 2.75) is 0 Å². The van der Waals surface area contributed by atoms with Crippen LogP contribution in [0.15, 0.2) is 179 Å². The average Bonchev–Trinajstić information content (AvgIpc) is 3.84. The molecule has 12 rings (SSSR count). The van der Waals surface area contributed by atoms with Crippen molar-refractivity contribution < 1.29 is 8.83 Å². The van der Waals surface area contributed by atoms with E-state index in [2.05, 4.69) is 127 Å². The second-order valence-corrected chi connectivity index (χ2v) is 14.2. The van der Waals surface area contributed by atoms with E-state index in [0.29, 0.717) is 23.2 Å². The van der Waals surface area contributed by atoms with Gasteiger partial charge >= 0.3 is 0 Å². The molecule has 56 heavy (non-hydrogen) atoms. The number of nitrogens with zero attached hydrogens (tertiary/aromatic N) is 4. The van der Waals surface area contributed by atoms with Crippen LogP contribution in [-0.2, 0) is 0 Å². The van der Waals surface area contributed by atoms with Gasteiger partial charge in [0.25, 0.3) is 0 Å². The Morgan fingerprint density at radius 2 is 0.964 bits per heavy atom. The Morgan fingerprint density at radius 3 is 1.77 bits per heavy atom. The molecule has 0 bridgehead atoms. The highest BCUT2D eigenvalue weighted by atomic mass is 16.3. The summed E-state index contributed by atoms with van der Waals surface area (Å²) in [6.07, 6.45) is 1.77. The Bertz CT molecular complexity index is 3550. The van der Waals surface area contributed by atoms with Crippen molar-refractivity contribution in [3.05, 3.63) is 170 Å². The second-order valence-electron chi connectivity index (χ2n) is 14.2. The monoisotopic (exact) mass is 716 g/mol. The second kappa shape index (κ2) is 11.9. The molecule has 260 valence electrons. The third-order valence-electron chi connectivity index (χ3n) is 11.0. The van der Waals surface area contributed by atoms with Gasteiger partial charge in [0.2, 0.25) is 5.71 Å². The molecule has 0 fully saturated rings. The third-order valence-corrected chi connectivity index (χ3v) is 11.0. The first-order valence-electron chi connectivity index (χ1n) is 18.6. The number of para-hydroxylation sites is 2. The molecule has 6 nitrogen and oxygen atoms in total. The van der Waals surface area contributed by atoms with Gasteiger partial charge in [0.05, 0.1) is 5.39 Å². The molecular formula is C50H28N4O2. The first-order valence-corrected chi connectivity index (χ1v) is 18.6. The molecule has 0 spiro atoms. The quantitative estimate of drug-likeness (QED) is 0.169. The summed E-state index contributed by atoms with van der Waals surface area (Å²) in [7, 11) is 0. The Hall–Kier alpha value is -7.70. The van der Waals surface area contributed by atoms with Gasteiger partial charge in [0, 0.05) is 50.2 Å². The van der Waals surface area contributed by atoms with E-state index < -0.39 is 0 Å². The van der Waals surface area contributed by atoms with Crippen molar-refractivity contribution >= 4 is 76.3 Å². The van der Waals surface area contributed by atoms with Crippen molar-refractivity contribution in [3.8, 4) is 45.3 Å². The molecule has 0 saturated carbocycles. The summed E-state index contributed by atoms with van der Waals surface area (Å²) in [6.45, 7) is 0. The van der Waals surface area contributed by atoms with E-state index in [0.717, 1.165) is 87.7 Å². The molecule has 0 atom stereocenters. The summed E-state index contributed by atoms with van der Waals surface area (Å²) in [5.74, 6) is 1.72. The maximum absolute atomic E-state index is 6.70. The highest BCUT2D eigenvalue weighted by Crippen LogP contribution is 2.43. The Labute approximate surface area is 319 Å². The van der Waals surface area contributed by atoms with Gasteiger partial charge in [0.1, 0.15) is 16.7 Å². The zero-order valence-electron chi connectivity index (χ0n) is 29.8. The number of pyridine rings is 1. The van der Waals surface area contributed by atoms with Gasteiger partial charge < -0.3 is 8.83 Å². The van der Waals surface area contributed by atoms with Gasteiger partial charge in [0.15, 0.2) is 17.5 Å². The lowest BCUT2D eigenvalue weighted by Gasteiger charge is -2.12. The molecule has 4 aromatic heterocycles. The molecule has 6 heteroatoms. The maximum Gasteiger partial charge on any atom is 0.228 e. The van der Waals surface area contributed by atoms with Crippen LogP contribution in [0.3, 0.4) is 0 Å². The Kier molecular flexibility index (Phi) is 6.53. The van der Waals surface area contributed by atoms with E-state index in [4.69, 9.17) is 28.8 Å². The van der Waals surface area contributed by atoms with Gasteiger partial charge in [-0.1, -0.05) is 140 Å².